The molecule has 6 aliphatic heterocycles. The normalized spacial score (nSPS) is 36.1. The van der Waals surface area contributed by atoms with Gasteiger partial charge in [-0.25, -0.2) is 0 Å². The highest BCUT2D eigenvalue weighted by molar-refractivity contribution is 6.07. The van der Waals surface area contributed by atoms with Gasteiger partial charge in [-0.3, -0.25) is 9.98 Å². The molecule has 18 N–H and O–H groups in total. The number of nitrogens with one attached hydrogen (secondary N) is 2. The zero-order valence-corrected chi connectivity index (χ0v) is 48.8. The molecular formula is C60H78N4O26. The Hall–Kier alpha value is -6.18. The number of phenols is 4. The van der Waals surface area contributed by atoms with Gasteiger partial charge in [0.1, 0.15) is 131 Å². The molecule has 30 heteroatoms. The van der Waals surface area contributed by atoms with Gasteiger partial charge in [0.2, 0.25) is 12.6 Å². The lowest BCUT2D eigenvalue weighted by molar-refractivity contribution is -0.354. The molecule has 90 heavy (non-hydrogen) atoms. The summed E-state index contributed by atoms with van der Waals surface area (Å²) in [5.41, 5.74) is 2.80. The molecular weight excluding hydrogens is 1190 g/mol. The number of phenolic OH excluding ortho intramolecular Hbond substituents is 4. The van der Waals surface area contributed by atoms with Crippen LogP contribution in [0.1, 0.15) is 61.2 Å². The van der Waals surface area contributed by atoms with Gasteiger partial charge in [-0.1, -0.05) is 24.3 Å². The van der Waals surface area contributed by atoms with Crippen molar-refractivity contribution in [1.29, 1.82) is 0 Å². The van der Waals surface area contributed by atoms with Crippen molar-refractivity contribution in [3.63, 3.8) is 0 Å². The minimum absolute atomic E-state index is 0.0276. The molecule has 6 heterocycles. The Bertz CT molecular complexity index is 2890. The Kier molecular flexibility index (Phi) is 21.6. The summed E-state index contributed by atoms with van der Waals surface area (Å²) in [4.78, 5) is 9.72. The van der Waals surface area contributed by atoms with E-state index in [9.17, 15) is 81.7 Å². The van der Waals surface area contributed by atoms with Crippen LogP contribution in [-0.2, 0) is 28.4 Å². The second-order valence-electron chi connectivity index (χ2n) is 22.8. The maximum Gasteiger partial charge on any atom is 0.229 e. The number of ether oxygens (including phenoxy) is 10. The van der Waals surface area contributed by atoms with Crippen molar-refractivity contribution in [2.24, 2.45) is 9.98 Å². The third-order valence-electron chi connectivity index (χ3n) is 16.5. The molecule has 10 rings (SSSR count). The van der Waals surface area contributed by atoms with E-state index in [0.717, 1.165) is 0 Å². The lowest BCUT2D eigenvalue weighted by atomic mass is 9.94. The molecule has 4 saturated heterocycles. The lowest BCUT2D eigenvalue weighted by Crippen LogP contribution is -2.64. The van der Waals surface area contributed by atoms with Crippen LogP contribution < -0.4 is 29.6 Å². The van der Waals surface area contributed by atoms with Crippen LogP contribution in [0.5, 0.6) is 46.0 Å². The maximum absolute atomic E-state index is 11.6. The average Bonchev–Trinajstić information content (AvgIpc) is 0.982. The number of hydrogen-bond donors (Lipinski definition) is 18. The summed E-state index contributed by atoms with van der Waals surface area (Å²) < 4.78 is 59.6. The van der Waals surface area contributed by atoms with Crippen LogP contribution in [0.15, 0.2) is 82.8 Å². The van der Waals surface area contributed by atoms with E-state index in [0.29, 0.717) is 48.7 Å². The van der Waals surface area contributed by atoms with Crippen LogP contribution in [0, 0.1) is 0 Å². The molecule has 4 aromatic rings. The summed E-state index contributed by atoms with van der Waals surface area (Å²) in [7, 11) is 0. The number of fused-ring (bicyclic) bond motifs is 2. The van der Waals surface area contributed by atoms with Crippen molar-refractivity contribution >= 4 is 11.4 Å². The number of hydrogen-bond acceptors (Lipinski definition) is 30. The second-order valence-corrected chi connectivity index (χ2v) is 22.8. The summed E-state index contributed by atoms with van der Waals surface area (Å²) in [6.07, 6.45) is -32.4. The van der Waals surface area contributed by atoms with Gasteiger partial charge in [0.05, 0.1) is 61.1 Å². The van der Waals surface area contributed by atoms with Gasteiger partial charge in [-0.15, -0.1) is 0 Å². The highest BCUT2D eigenvalue weighted by atomic mass is 16.8. The number of aliphatic hydroxyl groups excluding tert-OH is 12. The summed E-state index contributed by atoms with van der Waals surface area (Å²) in [6, 6.07) is 18.1. The first-order valence-electron chi connectivity index (χ1n) is 29.5. The quantitative estimate of drug-likeness (QED) is 0.0372. The van der Waals surface area contributed by atoms with E-state index < -0.39 is 148 Å². The van der Waals surface area contributed by atoms with E-state index in [1.54, 1.807) is 24.3 Å². The van der Waals surface area contributed by atoms with Crippen LogP contribution >= 0.6 is 0 Å². The van der Waals surface area contributed by atoms with Gasteiger partial charge in [0, 0.05) is 63.3 Å². The molecule has 4 aromatic carbocycles. The van der Waals surface area contributed by atoms with Crippen molar-refractivity contribution in [3.8, 4) is 46.0 Å². The van der Waals surface area contributed by atoms with Crippen molar-refractivity contribution in [3.05, 3.63) is 95.1 Å². The number of rotatable bonds is 21. The predicted molar refractivity (Wildman–Crippen MR) is 308 cm³/mol. The molecule has 22 atom stereocenters. The summed E-state index contributed by atoms with van der Waals surface area (Å²) in [5, 5.41) is 177. The largest absolute Gasteiger partial charge is 0.508 e. The van der Waals surface area contributed by atoms with Crippen molar-refractivity contribution < 1.29 is 129 Å². The smallest absolute Gasteiger partial charge is 0.229 e. The van der Waals surface area contributed by atoms with E-state index in [1.807, 2.05) is 0 Å². The zero-order chi connectivity index (χ0) is 64.2. The fraction of sp³-hybridized carbons (Fsp3) is 0.567. The molecule has 4 fully saturated rings. The Balaban J connectivity index is 0.782. The molecule has 0 bridgehead atoms. The highest BCUT2D eigenvalue weighted by Gasteiger charge is 2.53. The second kappa shape index (κ2) is 29.2. The fourth-order valence-corrected chi connectivity index (χ4v) is 11.4. The molecule has 30 nitrogen and oxygen atoms in total. The van der Waals surface area contributed by atoms with E-state index in [-0.39, 0.29) is 83.1 Å². The summed E-state index contributed by atoms with van der Waals surface area (Å²) >= 11 is 0. The van der Waals surface area contributed by atoms with Crippen LogP contribution in [0.4, 0.5) is 0 Å². The summed E-state index contributed by atoms with van der Waals surface area (Å²) in [5.74, 6) is -0.463. The Morgan fingerprint density at radius 1 is 0.444 bits per heavy atom. The third-order valence-corrected chi connectivity index (χ3v) is 16.5. The zero-order valence-electron chi connectivity index (χ0n) is 48.8. The minimum atomic E-state index is -1.80. The van der Waals surface area contributed by atoms with E-state index in [2.05, 4.69) is 10.6 Å². The molecule has 6 aliphatic rings. The molecule has 0 aromatic heterocycles. The highest BCUT2D eigenvalue weighted by Crippen LogP contribution is 2.46. The topological polar surface area (TPSA) is 465 Å². The number of nitrogens with zero attached hydrogens (tertiary/aromatic N) is 2. The van der Waals surface area contributed by atoms with Crippen LogP contribution in [0.25, 0.3) is 0 Å². The predicted octanol–water partition coefficient (Wildman–Crippen LogP) is -2.92. The lowest BCUT2D eigenvalue weighted by Gasteiger charge is -2.45. The van der Waals surface area contributed by atoms with Crippen LogP contribution in [-0.4, -0.2) is 268 Å². The van der Waals surface area contributed by atoms with Crippen molar-refractivity contribution in [2.45, 2.75) is 162 Å². The van der Waals surface area contributed by atoms with E-state index in [1.165, 1.54) is 62.4 Å². The van der Waals surface area contributed by atoms with Gasteiger partial charge < -0.3 is 140 Å². The molecule has 0 aliphatic carbocycles. The number of aromatic hydroxyl groups is 4. The average molecular weight is 1270 g/mol. The standard InChI is InChI=1S/C60H78N4O26/c1-25-45(71)49(75)53(79)57(81-25)89-55-51(77)47(73)41(23-65)87-59(55)83-31-17-35(69)43-33(21-37(85-39(43)19-31)27-3-7-29(67)8-4-27)63-15-13-61-11-12-62-14-16-64-34-22-38(28-5-9-30(68)10-6-28)86-40-20-32(18-36(70)44(34)40)84-60-56(52(78)48(74)42(24-66)88-60)90-58-54(80)50(76)46(72)26(2)82-58/h3-10,17-20,25-26,37-38,41-42,45-62,65-80H,11-16,21-24H2,1-2H3/t25-,26-,37-,38-,41+,42+,45-,46-,47+,48+,49+,50+,51-,52-,53+,54+,55+,56+,57+,58+,59+,60+/m0/s1. The van der Waals surface area contributed by atoms with E-state index in [4.69, 9.17) is 57.4 Å². The monoisotopic (exact) mass is 1270 g/mol. The summed E-state index contributed by atoms with van der Waals surface area (Å²) in [6.45, 7) is 3.68. The molecule has 0 saturated carbocycles. The first-order valence-corrected chi connectivity index (χ1v) is 29.5. The Morgan fingerprint density at radius 3 is 1.19 bits per heavy atom. The molecule has 0 radical (unpaired) electrons. The van der Waals surface area contributed by atoms with Gasteiger partial charge in [0.25, 0.3) is 0 Å². The van der Waals surface area contributed by atoms with Gasteiger partial charge in [0.15, 0.2) is 24.8 Å². The fourth-order valence-electron chi connectivity index (χ4n) is 11.4. The number of benzene rings is 4. The van der Waals surface area contributed by atoms with Gasteiger partial charge in [-0.05, 0) is 49.2 Å². The van der Waals surface area contributed by atoms with Gasteiger partial charge >= 0.3 is 0 Å². The number of aliphatic hydroxyl groups is 12. The first-order chi connectivity index (χ1) is 43.1. The number of aliphatic imine (C=N–C) groups is 2. The molecule has 0 spiro atoms. The Labute approximate surface area is 514 Å². The Morgan fingerprint density at radius 2 is 0.822 bits per heavy atom. The van der Waals surface area contributed by atoms with Crippen LogP contribution in [0.2, 0.25) is 0 Å². The minimum Gasteiger partial charge on any atom is -0.508 e. The molecule has 494 valence electrons. The van der Waals surface area contributed by atoms with E-state index >= 15 is 0 Å². The SMILES string of the molecule is C[C@@H]1O[C@H](O[C@H]2[C@H](Oc3cc(O)c4c(c3)O[C@H](c3ccc(O)cc3)CC4=NCCNCCNCCN=C3C[C@@H](c4ccc(O)cc4)Oc4cc(O[C@@H]5O[C@H](CO)[C@@H](O)[C@H](O)[C@H]5O[C@H]5O[C@@H](C)[C@H](O)[C@@H](O)[C@H]5O)cc(O)c43)O[C@H](CO)[C@@H](O)[C@@H]2O)[C@H](O)[C@H](O)[C@H]1O. The van der Waals surface area contributed by atoms with Gasteiger partial charge in [-0.2, -0.15) is 0 Å². The van der Waals surface area contributed by atoms with Crippen LogP contribution in [0.3, 0.4) is 0 Å². The third kappa shape index (κ3) is 14.7. The maximum atomic E-state index is 11.6. The first kappa shape index (κ1) is 66.7. The van der Waals surface area contributed by atoms with Crippen molar-refractivity contribution in [2.75, 3.05) is 52.5 Å². The molecule has 0 unspecified atom stereocenters. The van der Waals surface area contributed by atoms with Crippen molar-refractivity contribution in [1.82, 2.24) is 10.6 Å². The molecule has 0 amide bonds.